The molecule has 1 aliphatic heterocycles. The minimum Gasteiger partial charge on any atom is -0.488 e. The lowest BCUT2D eigenvalue weighted by atomic mass is 9.95. The maximum absolute atomic E-state index is 12.4. The van der Waals surface area contributed by atoms with Crippen molar-refractivity contribution in [1.29, 1.82) is 0 Å². The predicted octanol–water partition coefficient (Wildman–Crippen LogP) is 3.33. The third-order valence-electron chi connectivity index (χ3n) is 5.14. The van der Waals surface area contributed by atoms with Crippen molar-refractivity contribution in [3.05, 3.63) is 71.0 Å². The van der Waals surface area contributed by atoms with Gasteiger partial charge in [0.1, 0.15) is 17.5 Å². The maximum atomic E-state index is 12.4. The van der Waals surface area contributed by atoms with Crippen LogP contribution in [0.2, 0.25) is 0 Å². The summed E-state index contributed by atoms with van der Waals surface area (Å²) in [4.78, 5) is 24.3. The van der Waals surface area contributed by atoms with E-state index in [-0.39, 0.29) is 17.8 Å². The first kappa shape index (κ1) is 18.9. The van der Waals surface area contributed by atoms with Crippen LogP contribution in [0.5, 0.6) is 5.75 Å². The number of rotatable bonds is 5. The molecule has 3 aromatic rings. The zero-order valence-electron chi connectivity index (χ0n) is 16.7. The molecule has 0 fully saturated rings. The van der Waals surface area contributed by atoms with E-state index in [0.29, 0.717) is 24.2 Å². The number of benzene rings is 2. The Morgan fingerprint density at radius 1 is 1.21 bits per heavy atom. The number of amides is 1. The molecule has 4 rings (SSSR count). The summed E-state index contributed by atoms with van der Waals surface area (Å²) >= 11 is 0. The second-order valence-electron chi connectivity index (χ2n) is 7.37. The smallest absolute Gasteiger partial charge is 0.269 e. The van der Waals surface area contributed by atoms with Gasteiger partial charge in [0, 0.05) is 19.0 Å². The second-order valence-corrected chi connectivity index (χ2v) is 7.37. The van der Waals surface area contributed by atoms with Crippen molar-refractivity contribution in [2.75, 3.05) is 6.54 Å². The summed E-state index contributed by atoms with van der Waals surface area (Å²) in [7, 11) is 1.75. The Balaban J connectivity index is 1.46. The van der Waals surface area contributed by atoms with E-state index < -0.39 is 0 Å². The molecule has 2 heterocycles. The van der Waals surface area contributed by atoms with Crippen molar-refractivity contribution >= 4 is 11.7 Å². The lowest BCUT2D eigenvalue weighted by Crippen LogP contribution is -2.35. The summed E-state index contributed by atoms with van der Waals surface area (Å²) in [6.45, 7) is 3.85. The Morgan fingerprint density at radius 3 is 2.72 bits per heavy atom. The van der Waals surface area contributed by atoms with Gasteiger partial charge in [-0.05, 0) is 48.7 Å². The third kappa shape index (κ3) is 3.78. The van der Waals surface area contributed by atoms with Crippen LogP contribution >= 0.6 is 0 Å². The largest absolute Gasteiger partial charge is 0.488 e. The Bertz CT molecular complexity index is 1100. The average molecular weight is 389 g/mol. The Kier molecular flexibility index (Phi) is 4.92. The van der Waals surface area contributed by atoms with Gasteiger partial charge >= 0.3 is 0 Å². The molecule has 1 N–H and O–H groups in total. The average Bonchev–Trinajstić information content (AvgIpc) is 3.27. The normalized spacial score (nSPS) is 14.9. The predicted molar refractivity (Wildman–Crippen MR) is 110 cm³/mol. The molecule has 6 heteroatoms. The molecular formula is C23H23N3O3. The van der Waals surface area contributed by atoms with E-state index in [1.807, 2.05) is 43.3 Å². The van der Waals surface area contributed by atoms with Crippen LogP contribution in [0.4, 0.5) is 0 Å². The number of Topliss-reactive ketones (excluding diaryl/α,β-unsaturated/α-hetero) is 1. The van der Waals surface area contributed by atoms with Gasteiger partial charge in [0.15, 0.2) is 5.78 Å². The fraction of sp³-hybridized carbons (Fsp3) is 0.261. The van der Waals surface area contributed by atoms with E-state index in [1.165, 1.54) is 0 Å². The van der Waals surface area contributed by atoms with Crippen molar-refractivity contribution < 1.29 is 14.3 Å². The Hall–Kier alpha value is -3.41. The van der Waals surface area contributed by atoms with E-state index in [2.05, 4.69) is 16.5 Å². The van der Waals surface area contributed by atoms with E-state index >= 15 is 0 Å². The SMILES string of the molecule is CC(=O)c1ccccc1-c1ccc2c(c1)C[C@H](CNC(=O)c1cc(C)nn1C)O2. The van der Waals surface area contributed by atoms with Gasteiger partial charge in [0.05, 0.1) is 12.2 Å². The summed E-state index contributed by atoms with van der Waals surface area (Å²) in [5, 5.41) is 7.13. The summed E-state index contributed by atoms with van der Waals surface area (Å²) < 4.78 is 7.57. The lowest BCUT2D eigenvalue weighted by Gasteiger charge is -2.12. The fourth-order valence-corrected chi connectivity index (χ4v) is 3.76. The van der Waals surface area contributed by atoms with Gasteiger partial charge in [-0.15, -0.1) is 0 Å². The number of ketones is 1. The first-order chi connectivity index (χ1) is 13.9. The van der Waals surface area contributed by atoms with Crippen LogP contribution in [0.25, 0.3) is 11.1 Å². The van der Waals surface area contributed by atoms with Gasteiger partial charge in [-0.1, -0.05) is 30.3 Å². The number of nitrogens with zero attached hydrogens (tertiary/aromatic N) is 2. The zero-order valence-corrected chi connectivity index (χ0v) is 16.7. The molecule has 148 valence electrons. The van der Waals surface area contributed by atoms with Crippen molar-refractivity contribution in [1.82, 2.24) is 15.1 Å². The number of hydrogen-bond acceptors (Lipinski definition) is 4. The van der Waals surface area contributed by atoms with E-state index in [9.17, 15) is 9.59 Å². The highest BCUT2D eigenvalue weighted by Gasteiger charge is 2.25. The van der Waals surface area contributed by atoms with Crippen LogP contribution < -0.4 is 10.1 Å². The molecule has 0 aliphatic carbocycles. The molecule has 29 heavy (non-hydrogen) atoms. The molecular weight excluding hydrogens is 366 g/mol. The topological polar surface area (TPSA) is 73.2 Å². The lowest BCUT2D eigenvalue weighted by molar-refractivity contribution is 0.0923. The van der Waals surface area contributed by atoms with Crippen LogP contribution in [-0.4, -0.2) is 34.1 Å². The number of aromatic nitrogens is 2. The van der Waals surface area contributed by atoms with Crippen LogP contribution in [-0.2, 0) is 13.5 Å². The molecule has 0 saturated carbocycles. The van der Waals surface area contributed by atoms with Crippen molar-refractivity contribution in [3.63, 3.8) is 0 Å². The number of hydrogen-bond donors (Lipinski definition) is 1. The molecule has 0 saturated heterocycles. The highest BCUT2D eigenvalue weighted by molar-refractivity contribution is 6.00. The van der Waals surface area contributed by atoms with Crippen LogP contribution in [0, 0.1) is 6.92 Å². The molecule has 6 nitrogen and oxygen atoms in total. The number of carbonyl (C=O) groups is 2. The number of aryl methyl sites for hydroxylation is 2. The first-order valence-corrected chi connectivity index (χ1v) is 9.61. The zero-order chi connectivity index (χ0) is 20.5. The third-order valence-corrected chi connectivity index (χ3v) is 5.14. The van der Waals surface area contributed by atoms with Crippen LogP contribution in [0.1, 0.15) is 39.0 Å². The molecule has 0 radical (unpaired) electrons. The minimum atomic E-state index is -0.163. The van der Waals surface area contributed by atoms with Crippen LogP contribution in [0.15, 0.2) is 48.5 Å². The molecule has 1 aromatic heterocycles. The van der Waals surface area contributed by atoms with Gasteiger partial charge < -0.3 is 10.1 Å². The molecule has 1 atom stereocenters. The highest BCUT2D eigenvalue weighted by Crippen LogP contribution is 2.34. The maximum Gasteiger partial charge on any atom is 0.269 e. The van der Waals surface area contributed by atoms with Crippen LogP contribution in [0.3, 0.4) is 0 Å². The van der Waals surface area contributed by atoms with Crippen molar-refractivity contribution in [3.8, 4) is 16.9 Å². The molecule has 2 aromatic carbocycles. The fourth-order valence-electron chi connectivity index (χ4n) is 3.76. The Labute approximate surface area is 169 Å². The number of ether oxygens (including phenoxy) is 1. The van der Waals surface area contributed by atoms with Crippen molar-refractivity contribution in [2.24, 2.45) is 7.05 Å². The van der Waals surface area contributed by atoms with E-state index in [0.717, 1.165) is 28.1 Å². The molecule has 0 bridgehead atoms. The summed E-state index contributed by atoms with van der Waals surface area (Å²) in [5.41, 5.74) is 5.04. The highest BCUT2D eigenvalue weighted by atomic mass is 16.5. The number of carbonyl (C=O) groups excluding carboxylic acids is 2. The standard InChI is InChI=1S/C23H23N3O3/c1-14-10-21(26(3)25-14)23(28)24-13-18-12-17-11-16(8-9-22(17)29-18)20-7-5-4-6-19(20)15(2)27/h4-11,18H,12-13H2,1-3H3,(H,24,28)/t18-/m1/s1. The molecule has 1 aliphatic rings. The monoisotopic (exact) mass is 389 g/mol. The van der Waals surface area contributed by atoms with E-state index in [4.69, 9.17) is 4.74 Å². The van der Waals surface area contributed by atoms with Gasteiger partial charge in [-0.2, -0.15) is 5.10 Å². The van der Waals surface area contributed by atoms with Gasteiger partial charge in [-0.3, -0.25) is 14.3 Å². The summed E-state index contributed by atoms with van der Waals surface area (Å²) in [6, 6.07) is 15.4. The molecule has 1 amide bonds. The summed E-state index contributed by atoms with van der Waals surface area (Å²) in [6.07, 6.45) is 0.581. The quantitative estimate of drug-likeness (QED) is 0.680. The Morgan fingerprint density at radius 2 is 2.00 bits per heavy atom. The van der Waals surface area contributed by atoms with Crippen molar-refractivity contribution in [2.45, 2.75) is 26.4 Å². The summed E-state index contributed by atoms with van der Waals surface area (Å²) in [5.74, 6) is 0.705. The van der Waals surface area contributed by atoms with Gasteiger partial charge in [0.2, 0.25) is 0 Å². The number of nitrogens with one attached hydrogen (secondary N) is 1. The van der Waals surface area contributed by atoms with E-state index in [1.54, 1.807) is 24.7 Å². The van der Waals surface area contributed by atoms with Gasteiger partial charge in [-0.25, -0.2) is 0 Å². The number of fused-ring (bicyclic) bond motifs is 1. The second kappa shape index (κ2) is 7.54. The first-order valence-electron chi connectivity index (χ1n) is 9.61. The van der Waals surface area contributed by atoms with Gasteiger partial charge in [0.25, 0.3) is 5.91 Å². The molecule has 0 spiro atoms. The minimum absolute atomic E-state index is 0.0448. The molecule has 0 unspecified atom stereocenters.